The standard InChI is InChI=1S/C21H24ClF2N3O2/c1-14(21(28)25-19-5-3-17(24)12-18(19)22)27-9-7-26(8-10-27)13-15-11-16(23)4-6-20(15)29-2/h3-6,11-12,14H,7-10,13H2,1-2H3,(H,25,28)/t14-/m1/s1. The van der Waals surface area contributed by atoms with Gasteiger partial charge < -0.3 is 10.1 Å². The number of hydrogen-bond acceptors (Lipinski definition) is 4. The second-order valence-corrected chi connectivity index (χ2v) is 7.46. The average Bonchev–Trinajstić information content (AvgIpc) is 2.70. The molecule has 0 radical (unpaired) electrons. The Morgan fingerprint density at radius 3 is 2.45 bits per heavy atom. The number of methoxy groups -OCH3 is 1. The van der Waals surface area contributed by atoms with Crippen LogP contribution in [0.2, 0.25) is 5.02 Å². The molecule has 1 fully saturated rings. The summed E-state index contributed by atoms with van der Waals surface area (Å²) in [5.74, 6) is -0.271. The van der Waals surface area contributed by atoms with E-state index in [0.717, 1.165) is 18.7 Å². The molecule has 1 N–H and O–H groups in total. The van der Waals surface area contributed by atoms with Crippen LogP contribution < -0.4 is 10.1 Å². The van der Waals surface area contributed by atoms with Gasteiger partial charge in [0.05, 0.1) is 23.9 Å². The lowest BCUT2D eigenvalue weighted by Gasteiger charge is -2.37. The Kier molecular flexibility index (Phi) is 7.05. The predicted octanol–water partition coefficient (Wildman–Crippen LogP) is 3.77. The van der Waals surface area contributed by atoms with E-state index in [4.69, 9.17) is 16.3 Å². The Bertz CT molecular complexity index is 873. The number of amides is 1. The number of rotatable bonds is 6. The highest BCUT2D eigenvalue weighted by atomic mass is 35.5. The fraction of sp³-hybridized carbons (Fsp3) is 0.381. The van der Waals surface area contributed by atoms with E-state index in [2.05, 4.69) is 15.1 Å². The Morgan fingerprint density at radius 2 is 1.79 bits per heavy atom. The molecule has 0 aliphatic carbocycles. The minimum Gasteiger partial charge on any atom is -0.496 e. The largest absolute Gasteiger partial charge is 0.496 e. The van der Waals surface area contributed by atoms with Crippen LogP contribution in [0.15, 0.2) is 36.4 Å². The van der Waals surface area contributed by atoms with Crippen molar-refractivity contribution >= 4 is 23.2 Å². The van der Waals surface area contributed by atoms with Crippen LogP contribution in [0.25, 0.3) is 0 Å². The van der Waals surface area contributed by atoms with Gasteiger partial charge in [0.1, 0.15) is 17.4 Å². The molecule has 1 amide bonds. The van der Waals surface area contributed by atoms with Crippen LogP contribution in [0, 0.1) is 11.6 Å². The van der Waals surface area contributed by atoms with Crippen LogP contribution in [0.3, 0.4) is 0 Å². The Morgan fingerprint density at radius 1 is 1.14 bits per heavy atom. The van der Waals surface area contributed by atoms with Crippen LogP contribution >= 0.6 is 11.6 Å². The molecule has 3 rings (SSSR count). The first-order valence-electron chi connectivity index (χ1n) is 9.42. The van der Waals surface area contributed by atoms with Crippen molar-refractivity contribution in [3.63, 3.8) is 0 Å². The van der Waals surface area contributed by atoms with E-state index < -0.39 is 5.82 Å². The number of benzene rings is 2. The second-order valence-electron chi connectivity index (χ2n) is 7.06. The number of piperazine rings is 1. The van der Waals surface area contributed by atoms with Crippen LogP contribution in [-0.2, 0) is 11.3 Å². The molecule has 0 aromatic heterocycles. The number of carbonyl (C=O) groups excluding carboxylic acids is 1. The average molecular weight is 424 g/mol. The summed E-state index contributed by atoms with van der Waals surface area (Å²) in [6.45, 7) is 5.30. The van der Waals surface area contributed by atoms with Gasteiger partial charge in [0.2, 0.25) is 5.91 Å². The zero-order valence-corrected chi connectivity index (χ0v) is 17.2. The van der Waals surface area contributed by atoms with Crippen molar-refractivity contribution < 1.29 is 18.3 Å². The molecule has 29 heavy (non-hydrogen) atoms. The topological polar surface area (TPSA) is 44.8 Å². The smallest absolute Gasteiger partial charge is 0.241 e. The number of halogens is 3. The van der Waals surface area contributed by atoms with Crippen molar-refractivity contribution in [1.82, 2.24) is 9.80 Å². The fourth-order valence-electron chi connectivity index (χ4n) is 3.41. The van der Waals surface area contributed by atoms with Gasteiger partial charge in [-0.3, -0.25) is 14.6 Å². The monoisotopic (exact) mass is 423 g/mol. The van der Waals surface area contributed by atoms with E-state index in [1.54, 1.807) is 13.2 Å². The molecule has 2 aromatic carbocycles. The van der Waals surface area contributed by atoms with Crippen molar-refractivity contribution in [2.75, 3.05) is 38.6 Å². The van der Waals surface area contributed by atoms with Gasteiger partial charge in [0.15, 0.2) is 0 Å². The highest BCUT2D eigenvalue weighted by molar-refractivity contribution is 6.33. The summed E-state index contributed by atoms with van der Waals surface area (Å²) in [6.07, 6.45) is 0. The minimum atomic E-state index is -0.452. The molecule has 1 heterocycles. The molecule has 1 saturated heterocycles. The number of carbonyl (C=O) groups is 1. The highest BCUT2D eigenvalue weighted by Crippen LogP contribution is 2.24. The summed E-state index contributed by atoms with van der Waals surface area (Å²) >= 11 is 5.98. The number of nitrogens with one attached hydrogen (secondary N) is 1. The van der Waals surface area contributed by atoms with Crippen molar-refractivity contribution in [2.24, 2.45) is 0 Å². The quantitative estimate of drug-likeness (QED) is 0.768. The number of nitrogens with zero attached hydrogens (tertiary/aromatic N) is 2. The summed E-state index contributed by atoms with van der Waals surface area (Å²) in [5, 5.41) is 2.92. The van der Waals surface area contributed by atoms with E-state index in [-0.39, 0.29) is 22.8 Å². The van der Waals surface area contributed by atoms with Crippen molar-refractivity contribution in [1.29, 1.82) is 0 Å². The van der Waals surface area contributed by atoms with Crippen molar-refractivity contribution in [3.05, 3.63) is 58.6 Å². The number of ether oxygens (including phenoxy) is 1. The molecule has 2 aromatic rings. The van der Waals surface area contributed by atoms with Gasteiger partial charge in [-0.25, -0.2) is 8.78 Å². The minimum absolute atomic E-state index is 0.166. The molecule has 0 unspecified atom stereocenters. The van der Waals surface area contributed by atoms with Gasteiger partial charge in [-0.15, -0.1) is 0 Å². The van der Waals surface area contributed by atoms with Crippen LogP contribution in [0.4, 0.5) is 14.5 Å². The fourth-order valence-corrected chi connectivity index (χ4v) is 3.63. The third-order valence-corrected chi connectivity index (χ3v) is 5.47. The van der Waals surface area contributed by atoms with Gasteiger partial charge in [-0.05, 0) is 43.3 Å². The number of anilines is 1. The Balaban J connectivity index is 1.54. The van der Waals surface area contributed by atoms with Crippen LogP contribution in [-0.4, -0.2) is 55.0 Å². The maximum absolute atomic E-state index is 13.6. The van der Waals surface area contributed by atoms with Crippen molar-refractivity contribution in [3.8, 4) is 5.75 Å². The van der Waals surface area contributed by atoms with E-state index in [1.165, 1.54) is 30.3 Å². The van der Waals surface area contributed by atoms with Gasteiger partial charge in [-0.1, -0.05) is 11.6 Å². The van der Waals surface area contributed by atoms with E-state index in [0.29, 0.717) is 31.1 Å². The summed E-state index contributed by atoms with van der Waals surface area (Å²) in [4.78, 5) is 16.8. The molecular weight excluding hydrogens is 400 g/mol. The lowest BCUT2D eigenvalue weighted by Crippen LogP contribution is -2.52. The highest BCUT2D eigenvalue weighted by Gasteiger charge is 2.26. The first-order chi connectivity index (χ1) is 13.9. The Labute approximate surface area is 174 Å². The molecule has 0 bridgehead atoms. The third-order valence-electron chi connectivity index (χ3n) is 5.16. The molecular formula is C21H24ClF2N3O2. The van der Waals surface area contributed by atoms with E-state index in [9.17, 15) is 13.6 Å². The SMILES string of the molecule is COc1ccc(F)cc1CN1CCN([C@H](C)C(=O)Nc2ccc(F)cc2Cl)CC1. The summed E-state index contributed by atoms with van der Waals surface area (Å²) < 4.78 is 32.0. The van der Waals surface area contributed by atoms with Crippen LogP contribution in [0.5, 0.6) is 5.75 Å². The maximum atomic E-state index is 13.6. The lowest BCUT2D eigenvalue weighted by atomic mass is 10.1. The van der Waals surface area contributed by atoms with Gasteiger partial charge in [-0.2, -0.15) is 0 Å². The lowest BCUT2D eigenvalue weighted by molar-refractivity contribution is -0.121. The summed E-state index contributed by atoms with van der Waals surface area (Å²) in [7, 11) is 1.57. The first-order valence-corrected chi connectivity index (χ1v) is 9.80. The van der Waals surface area contributed by atoms with Crippen molar-refractivity contribution in [2.45, 2.75) is 19.5 Å². The molecule has 0 spiro atoms. The molecule has 156 valence electrons. The van der Waals surface area contributed by atoms with E-state index >= 15 is 0 Å². The zero-order valence-electron chi connectivity index (χ0n) is 16.4. The molecule has 0 saturated carbocycles. The van der Waals surface area contributed by atoms with Gasteiger partial charge in [0, 0.05) is 38.3 Å². The van der Waals surface area contributed by atoms with Crippen LogP contribution in [0.1, 0.15) is 12.5 Å². The second kappa shape index (κ2) is 9.52. The molecule has 1 aliphatic heterocycles. The first kappa shape index (κ1) is 21.5. The molecule has 1 aliphatic rings. The third kappa shape index (κ3) is 5.44. The van der Waals surface area contributed by atoms with Gasteiger partial charge >= 0.3 is 0 Å². The molecule has 8 heteroatoms. The molecule has 1 atom stereocenters. The zero-order chi connectivity index (χ0) is 21.0. The normalized spacial score (nSPS) is 16.4. The predicted molar refractivity (Wildman–Crippen MR) is 109 cm³/mol. The maximum Gasteiger partial charge on any atom is 0.241 e. The number of hydrogen-bond donors (Lipinski definition) is 1. The Hall–Kier alpha value is -2.22. The van der Waals surface area contributed by atoms with E-state index in [1.807, 2.05) is 6.92 Å². The molecule has 5 nitrogen and oxygen atoms in total. The summed E-state index contributed by atoms with van der Waals surface area (Å²) in [5.41, 5.74) is 1.19. The van der Waals surface area contributed by atoms with Gasteiger partial charge in [0.25, 0.3) is 0 Å². The summed E-state index contributed by atoms with van der Waals surface area (Å²) in [6, 6.07) is 8.02.